The smallest absolute Gasteiger partial charge is 0.184 e. The molecular weight excluding hydrogens is 284 g/mol. The van der Waals surface area contributed by atoms with Crippen molar-refractivity contribution in [1.29, 1.82) is 0 Å². The Hall–Kier alpha value is -1.33. The maximum Gasteiger partial charge on any atom is 0.184 e. The Kier molecular flexibility index (Phi) is 3.80. The molecule has 0 bridgehead atoms. The summed E-state index contributed by atoms with van der Waals surface area (Å²) in [6.45, 7) is 7.34. The third-order valence-corrected chi connectivity index (χ3v) is 5.39. The van der Waals surface area contributed by atoms with Crippen LogP contribution in [0.4, 0.5) is 5.13 Å². The van der Waals surface area contributed by atoms with Crippen LogP contribution in [0.15, 0.2) is 18.2 Å². The van der Waals surface area contributed by atoms with Gasteiger partial charge in [-0.1, -0.05) is 25.2 Å². The summed E-state index contributed by atoms with van der Waals surface area (Å²) >= 11 is 1.68. The lowest BCUT2D eigenvalue weighted by Crippen LogP contribution is -2.58. The summed E-state index contributed by atoms with van der Waals surface area (Å²) in [5.74, 6) is 0.873. The first kappa shape index (κ1) is 14.6. The number of ether oxygens (including phenoxy) is 2. The summed E-state index contributed by atoms with van der Waals surface area (Å²) < 4.78 is 12.2. The zero-order valence-corrected chi connectivity index (χ0v) is 13.8. The van der Waals surface area contributed by atoms with Crippen molar-refractivity contribution in [2.24, 2.45) is 5.41 Å². The first-order valence-corrected chi connectivity index (χ1v) is 8.19. The molecule has 1 aliphatic carbocycles. The van der Waals surface area contributed by atoms with E-state index in [4.69, 9.17) is 9.47 Å². The average Bonchev–Trinajstić information content (AvgIpc) is 2.87. The van der Waals surface area contributed by atoms with Crippen molar-refractivity contribution in [1.82, 2.24) is 4.98 Å². The van der Waals surface area contributed by atoms with E-state index in [9.17, 15) is 0 Å². The van der Waals surface area contributed by atoms with Crippen LogP contribution in [-0.2, 0) is 4.74 Å². The maximum absolute atomic E-state index is 5.78. The molecule has 1 N–H and O–H groups in total. The lowest BCUT2D eigenvalue weighted by atomic mass is 9.64. The fourth-order valence-electron chi connectivity index (χ4n) is 2.86. The van der Waals surface area contributed by atoms with Crippen LogP contribution in [0.5, 0.6) is 5.75 Å². The summed E-state index contributed by atoms with van der Waals surface area (Å²) in [5.41, 5.74) is 1.16. The number of nitrogens with one attached hydrogen (secondary N) is 1. The number of nitrogens with zero attached hydrogens (tertiary/aromatic N) is 1. The van der Waals surface area contributed by atoms with Crippen LogP contribution in [0.3, 0.4) is 0 Å². The van der Waals surface area contributed by atoms with Gasteiger partial charge in [-0.15, -0.1) is 0 Å². The molecule has 3 rings (SSSR count). The number of aromatic nitrogens is 1. The van der Waals surface area contributed by atoms with Crippen molar-refractivity contribution in [3.63, 3.8) is 0 Å². The van der Waals surface area contributed by atoms with Crippen LogP contribution in [0.1, 0.15) is 27.2 Å². The van der Waals surface area contributed by atoms with Crippen LogP contribution in [0, 0.1) is 5.41 Å². The molecule has 1 saturated carbocycles. The molecule has 2 atom stereocenters. The van der Waals surface area contributed by atoms with Crippen molar-refractivity contribution >= 4 is 26.7 Å². The van der Waals surface area contributed by atoms with Gasteiger partial charge in [-0.2, -0.15) is 0 Å². The number of hydrogen-bond acceptors (Lipinski definition) is 5. The van der Waals surface area contributed by atoms with Crippen molar-refractivity contribution in [2.45, 2.75) is 39.3 Å². The van der Waals surface area contributed by atoms with Gasteiger partial charge in [-0.05, 0) is 31.5 Å². The molecule has 1 fully saturated rings. The molecule has 1 aromatic carbocycles. The van der Waals surface area contributed by atoms with Gasteiger partial charge in [0, 0.05) is 18.1 Å². The molecule has 0 spiro atoms. The van der Waals surface area contributed by atoms with Crippen molar-refractivity contribution in [3.8, 4) is 5.75 Å². The minimum absolute atomic E-state index is 0.144. The molecule has 114 valence electrons. The lowest BCUT2D eigenvalue weighted by molar-refractivity contribution is -0.0975. The predicted octanol–water partition coefficient (Wildman–Crippen LogP) is 3.92. The topological polar surface area (TPSA) is 43.4 Å². The molecule has 0 radical (unpaired) electrons. The summed E-state index contributed by atoms with van der Waals surface area (Å²) in [6.07, 6.45) is 1.38. The van der Waals surface area contributed by atoms with Crippen LogP contribution in [0.25, 0.3) is 10.2 Å². The van der Waals surface area contributed by atoms with Crippen molar-refractivity contribution in [2.75, 3.05) is 19.0 Å². The van der Waals surface area contributed by atoms with Gasteiger partial charge >= 0.3 is 0 Å². The van der Waals surface area contributed by atoms with Crippen molar-refractivity contribution in [3.05, 3.63) is 18.2 Å². The molecule has 0 amide bonds. The fraction of sp³-hybridized carbons (Fsp3) is 0.562. The van der Waals surface area contributed by atoms with E-state index in [-0.39, 0.29) is 5.41 Å². The van der Waals surface area contributed by atoms with Crippen molar-refractivity contribution < 1.29 is 9.47 Å². The Morgan fingerprint density at radius 1 is 1.43 bits per heavy atom. The minimum Gasteiger partial charge on any atom is -0.497 e. The van der Waals surface area contributed by atoms with E-state index in [1.807, 2.05) is 18.2 Å². The molecule has 1 heterocycles. The third kappa shape index (κ3) is 2.60. The number of fused-ring (bicyclic) bond motifs is 1. The lowest BCUT2D eigenvalue weighted by Gasteiger charge is -2.51. The Labute approximate surface area is 129 Å². The Morgan fingerprint density at radius 3 is 2.90 bits per heavy atom. The van der Waals surface area contributed by atoms with E-state index in [1.54, 1.807) is 18.4 Å². The molecule has 0 saturated heterocycles. The summed E-state index contributed by atoms with van der Waals surface area (Å²) in [6, 6.07) is 6.40. The van der Waals surface area contributed by atoms with Gasteiger partial charge in [0.1, 0.15) is 5.75 Å². The van der Waals surface area contributed by atoms with Crippen LogP contribution >= 0.6 is 11.3 Å². The van der Waals surface area contributed by atoms with Gasteiger partial charge < -0.3 is 14.8 Å². The monoisotopic (exact) mass is 306 g/mol. The zero-order valence-electron chi connectivity index (χ0n) is 13.0. The quantitative estimate of drug-likeness (QED) is 0.909. The molecule has 1 aliphatic rings. The van der Waals surface area contributed by atoms with Gasteiger partial charge in [-0.25, -0.2) is 4.98 Å². The van der Waals surface area contributed by atoms with Gasteiger partial charge in [0.25, 0.3) is 0 Å². The first-order valence-electron chi connectivity index (χ1n) is 7.37. The highest BCUT2D eigenvalue weighted by atomic mass is 32.1. The molecule has 1 aromatic heterocycles. The van der Waals surface area contributed by atoms with Gasteiger partial charge in [0.2, 0.25) is 0 Å². The average molecular weight is 306 g/mol. The highest BCUT2D eigenvalue weighted by Gasteiger charge is 2.49. The SMILES string of the molecule is CCOC1CC(Nc2nc3ccc(OC)cc3s2)C1(C)C. The largest absolute Gasteiger partial charge is 0.497 e. The molecule has 21 heavy (non-hydrogen) atoms. The van der Waals surface area contributed by atoms with Gasteiger partial charge in [0.05, 0.1) is 23.4 Å². The summed E-state index contributed by atoms with van der Waals surface area (Å²) in [5, 5.41) is 4.55. The van der Waals surface area contributed by atoms with E-state index in [2.05, 4.69) is 31.1 Å². The Bertz CT molecular complexity index is 638. The summed E-state index contributed by atoms with van der Waals surface area (Å²) in [4.78, 5) is 4.66. The molecule has 2 aromatic rings. The summed E-state index contributed by atoms with van der Waals surface area (Å²) in [7, 11) is 1.69. The van der Waals surface area contributed by atoms with E-state index >= 15 is 0 Å². The van der Waals surface area contributed by atoms with Crippen LogP contribution in [0.2, 0.25) is 0 Å². The number of anilines is 1. The molecule has 2 unspecified atom stereocenters. The number of hydrogen-bond donors (Lipinski definition) is 1. The second-order valence-electron chi connectivity index (χ2n) is 6.05. The third-order valence-electron chi connectivity index (χ3n) is 4.44. The van der Waals surface area contributed by atoms with E-state index < -0.39 is 0 Å². The Morgan fingerprint density at radius 2 is 2.24 bits per heavy atom. The second-order valence-corrected chi connectivity index (χ2v) is 7.08. The van der Waals surface area contributed by atoms with E-state index in [1.165, 1.54) is 0 Å². The Balaban J connectivity index is 1.74. The van der Waals surface area contributed by atoms with Crippen LogP contribution < -0.4 is 10.1 Å². The van der Waals surface area contributed by atoms with Gasteiger partial charge in [0.15, 0.2) is 5.13 Å². The fourth-order valence-corrected chi connectivity index (χ4v) is 3.80. The predicted molar refractivity (Wildman–Crippen MR) is 87.4 cm³/mol. The highest BCUT2D eigenvalue weighted by Crippen LogP contribution is 2.45. The molecule has 0 aliphatic heterocycles. The van der Waals surface area contributed by atoms with E-state index in [0.29, 0.717) is 12.1 Å². The standard InChI is InChI=1S/C16H22N2O2S/c1-5-20-14-9-13(16(14,2)3)18-15-17-11-7-6-10(19-4)8-12(11)21-15/h6-8,13-14H,5,9H2,1-4H3,(H,17,18). The second kappa shape index (κ2) is 5.46. The highest BCUT2D eigenvalue weighted by molar-refractivity contribution is 7.22. The number of benzene rings is 1. The van der Waals surface area contributed by atoms with E-state index in [0.717, 1.165) is 34.1 Å². The van der Waals surface area contributed by atoms with Gasteiger partial charge in [-0.3, -0.25) is 0 Å². The molecular formula is C16H22N2O2S. The molecule has 5 heteroatoms. The van der Waals surface area contributed by atoms with Crippen LogP contribution in [-0.4, -0.2) is 30.8 Å². The normalized spacial score (nSPS) is 23.8. The molecule has 4 nitrogen and oxygen atoms in total. The zero-order chi connectivity index (χ0) is 15.0. The number of thiazole rings is 1. The number of rotatable bonds is 5. The maximum atomic E-state index is 5.78. The first-order chi connectivity index (χ1) is 10.0. The minimum atomic E-state index is 0.144. The number of methoxy groups -OCH3 is 1.